The van der Waals surface area contributed by atoms with Gasteiger partial charge in [-0.1, -0.05) is 0 Å². The molecule has 0 aromatic heterocycles. The topological polar surface area (TPSA) is 116 Å². The number of carbonyl (C=O) groups excluding carboxylic acids is 2. The minimum Gasteiger partial charge on any atom is -0.385 e. The number of ether oxygens (including phenoxy) is 1. The molecular formula is C5H7F3N2O5S. The Kier molecular flexibility index (Phi) is 4.40. The van der Waals surface area contributed by atoms with E-state index >= 15 is 0 Å². The van der Waals surface area contributed by atoms with Gasteiger partial charge in [-0.05, 0) is 6.92 Å². The van der Waals surface area contributed by atoms with Gasteiger partial charge in [0.05, 0.1) is 0 Å². The van der Waals surface area contributed by atoms with Crippen LogP contribution < -0.4 is 9.86 Å². The lowest BCUT2D eigenvalue weighted by molar-refractivity contribution is -0.202. The van der Waals surface area contributed by atoms with Crippen LogP contribution in [0.4, 0.5) is 13.2 Å². The first-order valence-electron chi connectivity index (χ1n) is 3.56. The van der Waals surface area contributed by atoms with Crippen molar-refractivity contribution >= 4 is 22.1 Å². The lowest BCUT2D eigenvalue weighted by atomic mass is 10.4. The third kappa shape index (κ3) is 5.63. The first kappa shape index (κ1) is 14.8. The Balaban J connectivity index is 4.44. The standard InChI is InChI=1S/C5H7F3N2O5S/c1-2(10-16(9,13)14)3(11)15-4(12)5(6,7)8/h2,10H,1H3,(H2,9,13,14). The van der Waals surface area contributed by atoms with Crippen LogP contribution in [0.2, 0.25) is 0 Å². The number of nitrogens with one attached hydrogen (secondary N) is 1. The maximum absolute atomic E-state index is 11.6. The summed E-state index contributed by atoms with van der Waals surface area (Å²) in [7, 11) is -4.28. The van der Waals surface area contributed by atoms with Gasteiger partial charge in [0, 0.05) is 0 Å². The summed E-state index contributed by atoms with van der Waals surface area (Å²) >= 11 is 0. The van der Waals surface area contributed by atoms with Crippen molar-refractivity contribution in [1.82, 2.24) is 4.72 Å². The van der Waals surface area contributed by atoms with Crippen LogP contribution in [0, 0.1) is 0 Å². The minimum absolute atomic E-state index is 0.858. The van der Waals surface area contributed by atoms with Crippen LogP contribution in [-0.2, 0) is 24.5 Å². The molecule has 0 radical (unpaired) electrons. The number of halogens is 3. The van der Waals surface area contributed by atoms with Gasteiger partial charge >= 0.3 is 18.1 Å². The number of esters is 2. The second-order valence-electron chi connectivity index (χ2n) is 2.59. The number of hydrogen-bond donors (Lipinski definition) is 2. The summed E-state index contributed by atoms with van der Waals surface area (Å²) in [4.78, 5) is 20.9. The van der Waals surface area contributed by atoms with Crippen LogP contribution in [-0.4, -0.2) is 32.6 Å². The monoisotopic (exact) mass is 264 g/mol. The minimum atomic E-state index is -5.34. The highest BCUT2D eigenvalue weighted by Gasteiger charge is 2.43. The van der Waals surface area contributed by atoms with Crippen molar-refractivity contribution in [2.24, 2.45) is 5.14 Å². The van der Waals surface area contributed by atoms with E-state index in [9.17, 15) is 31.2 Å². The zero-order valence-electron chi connectivity index (χ0n) is 7.74. The van der Waals surface area contributed by atoms with E-state index in [0.29, 0.717) is 0 Å². The van der Waals surface area contributed by atoms with E-state index in [-0.39, 0.29) is 0 Å². The molecule has 0 aromatic carbocycles. The van der Waals surface area contributed by atoms with E-state index in [1.165, 1.54) is 4.72 Å². The third-order valence-electron chi connectivity index (χ3n) is 1.12. The van der Waals surface area contributed by atoms with Crippen molar-refractivity contribution in [1.29, 1.82) is 0 Å². The third-order valence-corrected chi connectivity index (χ3v) is 1.80. The molecule has 0 aliphatic heterocycles. The molecule has 0 rings (SSSR count). The molecule has 11 heteroatoms. The van der Waals surface area contributed by atoms with Gasteiger partial charge in [0.25, 0.3) is 10.2 Å². The summed E-state index contributed by atoms with van der Waals surface area (Å²) in [5.41, 5.74) is 0. The van der Waals surface area contributed by atoms with Gasteiger partial charge in [-0.3, -0.25) is 0 Å². The summed E-state index contributed by atoms with van der Waals surface area (Å²) in [5.74, 6) is -4.45. The predicted octanol–water partition coefficient (Wildman–Crippen LogP) is -1.20. The molecule has 0 fully saturated rings. The Morgan fingerprint density at radius 3 is 2.12 bits per heavy atom. The number of nitrogens with two attached hydrogens (primary N) is 1. The molecule has 0 saturated carbocycles. The SMILES string of the molecule is CC(NS(N)(=O)=O)C(=O)OC(=O)C(F)(F)F. The van der Waals surface area contributed by atoms with Crippen LogP contribution in [0.3, 0.4) is 0 Å². The maximum Gasteiger partial charge on any atom is 0.491 e. The Bertz CT molecular complexity index is 389. The molecule has 0 amide bonds. The van der Waals surface area contributed by atoms with E-state index in [0.717, 1.165) is 6.92 Å². The fourth-order valence-electron chi connectivity index (χ4n) is 0.532. The van der Waals surface area contributed by atoms with Gasteiger partial charge in [0.1, 0.15) is 6.04 Å². The highest BCUT2D eigenvalue weighted by atomic mass is 32.2. The Labute approximate surface area is 87.9 Å². The number of hydrogen-bond acceptors (Lipinski definition) is 5. The molecule has 16 heavy (non-hydrogen) atoms. The zero-order valence-corrected chi connectivity index (χ0v) is 8.55. The highest BCUT2D eigenvalue weighted by molar-refractivity contribution is 7.87. The van der Waals surface area contributed by atoms with Crippen LogP contribution >= 0.6 is 0 Å². The van der Waals surface area contributed by atoms with Gasteiger partial charge in [0.15, 0.2) is 0 Å². The van der Waals surface area contributed by atoms with E-state index in [1.54, 1.807) is 0 Å². The Morgan fingerprint density at radius 1 is 1.38 bits per heavy atom. The molecule has 0 aliphatic carbocycles. The van der Waals surface area contributed by atoms with E-state index in [2.05, 4.69) is 9.88 Å². The lowest BCUT2D eigenvalue weighted by Crippen LogP contribution is -2.44. The second kappa shape index (κ2) is 4.76. The zero-order chi connectivity index (χ0) is 13.1. The first-order chi connectivity index (χ1) is 6.93. The van der Waals surface area contributed by atoms with E-state index < -0.39 is 34.4 Å². The molecule has 0 aliphatic rings. The van der Waals surface area contributed by atoms with Gasteiger partial charge in [0.2, 0.25) is 0 Å². The van der Waals surface area contributed by atoms with Crippen LogP contribution in [0.5, 0.6) is 0 Å². The van der Waals surface area contributed by atoms with Crippen molar-refractivity contribution in [2.75, 3.05) is 0 Å². The van der Waals surface area contributed by atoms with Crippen molar-refractivity contribution in [3.63, 3.8) is 0 Å². The molecular weight excluding hydrogens is 257 g/mol. The lowest BCUT2D eigenvalue weighted by Gasteiger charge is -2.11. The summed E-state index contributed by atoms with van der Waals surface area (Å²) in [5, 5.41) is 4.44. The molecule has 0 heterocycles. The molecule has 7 nitrogen and oxygen atoms in total. The fraction of sp³-hybridized carbons (Fsp3) is 0.600. The number of rotatable bonds is 3. The number of alkyl halides is 3. The van der Waals surface area contributed by atoms with Crippen molar-refractivity contribution < 1.29 is 35.9 Å². The molecule has 1 unspecified atom stereocenters. The van der Waals surface area contributed by atoms with Crippen LogP contribution in [0.25, 0.3) is 0 Å². The average molecular weight is 264 g/mol. The highest BCUT2D eigenvalue weighted by Crippen LogP contribution is 2.16. The van der Waals surface area contributed by atoms with Gasteiger partial charge in [-0.15, -0.1) is 0 Å². The Morgan fingerprint density at radius 2 is 1.81 bits per heavy atom. The van der Waals surface area contributed by atoms with Crippen molar-refractivity contribution in [3.8, 4) is 0 Å². The smallest absolute Gasteiger partial charge is 0.385 e. The summed E-state index contributed by atoms with van der Waals surface area (Å²) in [6.07, 6.45) is -5.34. The fourth-order valence-corrected chi connectivity index (χ4v) is 1.12. The Hall–Kier alpha value is -1.20. The van der Waals surface area contributed by atoms with E-state index in [1.807, 2.05) is 0 Å². The molecule has 0 saturated heterocycles. The quantitative estimate of drug-likeness (QED) is 0.490. The first-order valence-corrected chi connectivity index (χ1v) is 5.11. The van der Waals surface area contributed by atoms with Crippen LogP contribution in [0.15, 0.2) is 0 Å². The molecule has 3 N–H and O–H groups in total. The molecule has 0 bridgehead atoms. The maximum atomic E-state index is 11.6. The average Bonchev–Trinajstić information content (AvgIpc) is 1.98. The molecule has 1 atom stereocenters. The summed E-state index contributed by atoms with van der Waals surface area (Å²) in [6.45, 7) is 0.858. The van der Waals surface area contributed by atoms with Crippen molar-refractivity contribution in [2.45, 2.75) is 19.1 Å². The van der Waals surface area contributed by atoms with Gasteiger partial charge in [-0.2, -0.15) is 26.3 Å². The van der Waals surface area contributed by atoms with Crippen LogP contribution in [0.1, 0.15) is 6.92 Å². The molecule has 0 spiro atoms. The largest absolute Gasteiger partial charge is 0.491 e. The number of carbonyl (C=O) groups is 2. The summed E-state index contributed by atoms with van der Waals surface area (Å²) in [6, 6.07) is -1.71. The molecule has 94 valence electrons. The predicted molar refractivity (Wildman–Crippen MR) is 42.9 cm³/mol. The normalized spacial score (nSPS) is 14.3. The second-order valence-corrected chi connectivity index (χ2v) is 3.92. The van der Waals surface area contributed by atoms with Crippen molar-refractivity contribution in [3.05, 3.63) is 0 Å². The van der Waals surface area contributed by atoms with E-state index in [4.69, 9.17) is 0 Å². The van der Waals surface area contributed by atoms with Gasteiger partial charge < -0.3 is 4.74 Å². The summed E-state index contributed by atoms with van der Waals surface area (Å²) < 4.78 is 60.4. The molecule has 0 aromatic rings. The van der Waals surface area contributed by atoms with Gasteiger partial charge in [-0.25, -0.2) is 14.7 Å².